The largest absolute Gasteiger partial charge is 0.387 e. The van der Waals surface area contributed by atoms with Crippen LogP contribution in [0.1, 0.15) is 19.0 Å². The summed E-state index contributed by atoms with van der Waals surface area (Å²) in [5, 5.41) is 5.32. The molecular formula is C11H14N2S. The van der Waals surface area contributed by atoms with Gasteiger partial charge in [0.1, 0.15) is 0 Å². The summed E-state index contributed by atoms with van der Waals surface area (Å²) in [5.74, 6) is 0. The third-order valence-corrected chi connectivity index (χ3v) is 3.18. The molecule has 0 spiro atoms. The van der Waals surface area contributed by atoms with E-state index in [1.54, 1.807) is 11.3 Å². The van der Waals surface area contributed by atoms with Crippen molar-refractivity contribution in [2.75, 3.05) is 12.4 Å². The Kier molecular flexibility index (Phi) is 2.68. The third kappa shape index (κ3) is 1.60. The van der Waals surface area contributed by atoms with Crippen LogP contribution in [0.4, 0.5) is 5.69 Å². The maximum absolute atomic E-state index is 4.60. The Labute approximate surface area is 88.0 Å². The maximum atomic E-state index is 4.60. The predicted octanol–water partition coefficient (Wildman–Crippen LogP) is 3.29. The molecule has 2 aromatic heterocycles. The zero-order chi connectivity index (χ0) is 9.97. The third-order valence-electron chi connectivity index (χ3n) is 2.24. The van der Waals surface area contributed by atoms with Gasteiger partial charge in [0.15, 0.2) is 0 Å². The maximum Gasteiger partial charge on any atom is 0.0834 e. The lowest BCUT2D eigenvalue weighted by Gasteiger charge is -2.04. The van der Waals surface area contributed by atoms with Gasteiger partial charge >= 0.3 is 0 Å². The van der Waals surface area contributed by atoms with Crippen molar-refractivity contribution in [3.8, 4) is 0 Å². The van der Waals surface area contributed by atoms with E-state index in [-0.39, 0.29) is 0 Å². The number of hydrogen-bond acceptors (Lipinski definition) is 3. The first-order chi connectivity index (χ1) is 6.85. The molecule has 2 nitrogen and oxygen atoms in total. The molecule has 1 N–H and O–H groups in total. The Morgan fingerprint density at radius 3 is 3.07 bits per heavy atom. The highest BCUT2D eigenvalue weighted by Gasteiger charge is 2.04. The fraction of sp³-hybridized carbons (Fsp3) is 0.364. The van der Waals surface area contributed by atoms with E-state index in [0.29, 0.717) is 0 Å². The first-order valence-electron chi connectivity index (χ1n) is 4.90. The van der Waals surface area contributed by atoms with Crippen molar-refractivity contribution in [1.82, 2.24) is 4.98 Å². The van der Waals surface area contributed by atoms with Gasteiger partial charge in [0.05, 0.1) is 15.9 Å². The Hall–Kier alpha value is -1.09. The molecule has 14 heavy (non-hydrogen) atoms. The van der Waals surface area contributed by atoms with Crippen LogP contribution in [0.25, 0.3) is 10.2 Å². The second kappa shape index (κ2) is 3.96. The number of hydrogen-bond donors (Lipinski definition) is 1. The minimum absolute atomic E-state index is 1.06. The Balaban J connectivity index is 2.55. The molecule has 0 bridgehead atoms. The van der Waals surface area contributed by atoms with Crippen LogP contribution in [-0.4, -0.2) is 12.0 Å². The average molecular weight is 206 g/mol. The summed E-state index contributed by atoms with van der Waals surface area (Å²) in [7, 11) is 1.96. The molecular weight excluding hydrogens is 192 g/mol. The van der Waals surface area contributed by atoms with E-state index in [9.17, 15) is 0 Å². The Morgan fingerprint density at radius 2 is 2.36 bits per heavy atom. The number of aromatic nitrogens is 1. The van der Waals surface area contributed by atoms with E-state index in [2.05, 4.69) is 34.7 Å². The fourth-order valence-corrected chi connectivity index (χ4v) is 2.44. The van der Waals surface area contributed by atoms with Crippen molar-refractivity contribution in [1.29, 1.82) is 0 Å². The number of nitrogens with zero attached hydrogens (tertiary/aromatic N) is 1. The van der Waals surface area contributed by atoms with Gasteiger partial charge in [0.2, 0.25) is 0 Å². The Morgan fingerprint density at radius 1 is 1.50 bits per heavy atom. The normalized spacial score (nSPS) is 10.7. The quantitative estimate of drug-likeness (QED) is 0.833. The van der Waals surface area contributed by atoms with Gasteiger partial charge in [-0.3, -0.25) is 4.98 Å². The first-order valence-corrected chi connectivity index (χ1v) is 5.78. The van der Waals surface area contributed by atoms with E-state index in [0.717, 1.165) is 18.4 Å². The van der Waals surface area contributed by atoms with E-state index in [1.165, 1.54) is 16.1 Å². The van der Waals surface area contributed by atoms with Gasteiger partial charge in [0, 0.05) is 12.7 Å². The minimum Gasteiger partial charge on any atom is -0.387 e. The summed E-state index contributed by atoms with van der Waals surface area (Å²) in [6.45, 7) is 2.18. The van der Waals surface area contributed by atoms with Gasteiger partial charge in [-0.25, -0.2) is 0 Å². The number of aryl methyl sites for hydroxylation is 1. The molecule has 0 aliphatic carbocycles. The molecule has 0 saturated heterocycles. The lowest BCUT2D eigenvalue weighted by atomic mass is 10.2. The molecule has 0 unspecified atom stereocenters. The molecule has 3 heteroatoms. The van der Waals surface area contributed by atoms with Gasteiger partial charge in [-0.05, 0) is 23.9 Å². The Bertz CT molecular complexity index is 434. The van der Waals surface area contributed by atoms with E-state index in [1.807, 2.05) is 7.05 Å². The topological polar surface area (TPSA) is 24.9 Å². The summed E-state index contributed by atoms with van der Waals surface area (Å²) < 4.78 is 1.26. The SMILES string of the molecule is CCCc1cc(NC)c2sccc2n1. The molecule has 0 saturated carbocycles. The minimum atomic E-state index is 1.06. The van der Waals surface area contributed by atoms with Crippen molar-refractivity contribution in [2.45, 2.75) is 19.8 Å². The van der Waals surface area contributed by atoms with Gasteiger partial charge < -0.3 is 5.32 Å². The zero-order valence-corrected chi connectivity index (χ0v) is 9.32. The number of nitrogens with one attached hydrogen (secondary N) is 1. The average Bonchev–Trinajstić information content (AvgIpc) is 2.65. The second-order valence-electron chi connectivity index (χ2n) is 3.30. The first kappa shape index (κ1) is 9.46. The molecule has 2 aromatic rings. The molecule has 0 amide bonds. The van der Waals surface area contributed by atoms with Crippen LogP contribution in [0, 0.1) is 0 Å². The van der Waals surface area contributed by atoms with E-state index >= 15 is 0 Å². The van der Waals surface area contributed by atoms with Crippen LogP contribution in [0.15, 0.2) is 17.5 Å². The number of fused-ring (bicyclic) bond motifs is 1. The molecule has 0 atom stereocenters. The van der Waals surface area contributed by atoms with Crippen molar-refractivity contribution >= 4 is 27.2 Å². The second-order valence-corrected chi connectivity index (χ2v) is 4.21. The molecule has 0 aliphatic rings. The van der Waals surface area contributed by atoms with Gasteiger partial charge in [-0.15, -0.1) is 11.3 Å². The number of thiophene rings is 1. The lowest BCUT2D eigenvalue weighted by Crippen LogP contribution is -1.94. The van der Waals surface area contributed by atoms with Crippen molar-refractivity contribution < 1.29 is 0 Å². The summed E-state index contributed by atoms with van der Waals surface area (Å²) in [4.78, 5) is 4.60. The zero-order valence-electron chi connectivity index (χ0n) is 8.50. The molecule has 0 aromatic carbocycles. The van der Waals surface area contributed by atoms with E-state index in [4.69, 9.17) is 0 Å². The molecule has 74 valence electrons. The van der Waals surface area contributed by atoms with Gasteiger partial charge in [-0.1, -0.05) is 13.3 Å². The molecule has 0 aliphatic heterocycles. The number of rotatable bonds is 3. The van der Waals surface area contributed by atoms with Crippen LogP contribution in [0.5, 0.6) is 0 Å². The summed E-state index contributed by atoms with van der Waals surface area (Å²) in [5.41, 5.74) is 3.50. The van der Waals surface area contributed by atoms with Crippen LogP contribution >= 0.6 is 11.3 Å². The highest BCUT2D eigenvalue weighted by molar-refractivity contribution is 7.17. The van der Waals surface area contributed by atoms with Crippen LogP contribution in [0.3, 0.4) is 0 Å². The van der Waals surface area contributed by atoms with Gasteiger partial charge in [-0.2, -0.15) is 0 Å². The van der Waals surface area contributed by atoms with Crippen LogP contribution in [-0.2, 0) is 6.42 Å². The van der Waals surface area contributed by atoms with Gasteiger partial charge in [0.25, 0.3) is 0 Å². The standard InChI is InChI=1S/C11H14N2S/c1-3-4-8-7-10(12-2)11-9(13-8)5-6-14-11/h5-7H,3-4H2,1-2H3,(H,12,13). The number of anilines is 1. The molecule has 0 radical (unpaired) electrons. The van der Waals surface area contributed by atoms with Crippen LogP contribution in [0.2, 0.25) is 0 Å². The lowest BCUT2D eigenvalue weighted by molar-refractivity contribution is 0.890. The van der Waals surface area contributed by atoms with Crippen LogP contribution < -0.4 is 5.32 Å². The monoisotopic (exact) mass is 206 g/mol. The number of pyridine rings is 1. The highest BCUT2D eigenvalue weighted by Crippen LogP contribution is 2.28. The van der Waals surface area contributed by atoms with Crippen molar-refractivity contribution in [2.24, 2.45) is 0 Å². The summed E-state index contributed by atoms with van der Waals surface area (Å²) >= 11 is 1.74. The summed E-state index contributed by atoms with van der Waals surface area (Å²) in [6.07, 6.45) is 2.20. The van der Waals surface area contributed by atoms with Crippen molar-refractivity contribution in [3.05, 3.63) is 23.2 Å². The fourth-order valence-electron chi connectivity index (χ4n) is 1.58. The molecule has 0 fully saturated rings. The van der Waals surface area contributed by atoms with E-state index < -0.39 is 0 Å². The smallest absolute Gasteiger partial charge is 0.0834 e. The molecule has 2 heterocycles. The van der Waals surface area contributed by atoms with Crippen molar-refractivity contribution in [3.63, 3.8) is 0 Å². The molecule has 2 rings (SSSR count). The highest BCUT2D eigenvalue weighted by atomic mass is 32.1. The summed E-state index contributed by atoms with van der Waals surface area (Å²) in [6, 6.07) is 4.24. The predicted molar refractivity (Wildman–Crippen MR) is 63.2 cm³/mol.